The fourth-order valence-electron chi connectivity index (χ4n) is 1.83. The Balaban J connectivity index is 1.85. The van der Waals surface area contributed by atoms with Crippen molar-refractivity contribution in [3.63, 3.8) is 0 Å². The number of thiazole rings is 1. The fraction of sp³-hybridized carbons (Fsp3) is 0.267. The normalized spacial score (nSPS) is 10.3. The molecule has 1 aromatic carbocycles. The summed E-state index contributed by atoms with van der Waals surface area (Å²) < 4.78 is 0. The largest absolute Gasteiger partial charge is 0.342 e. The lowest BCUT2D eigenvalue weighted by atomic mass is 10.1. The third kappa shape index (κ3) is 4.37. The molecule has 6 nitrogen and oxygen atoms in total. The number of carbonyl (C=O) groups excluding carboxylic acids is 2. The molecule has 0 saturated carbocycles. The highest BCUT2D eigenvalue weighted by Gasteiger charge is 2.11. The Bertz CT molecular complexity index is 669. The lowest BCUT2D eigenvalue weighted by Gasteiger charge is -2.07. The molecule has 0 fully saturated rings. The number of rotatable bonds is 6. The first-order valence-corrected chi connectivity index (χ1v) is 7.81. The number of hydrogen-bond acceptors (Lipinski definition) is 5. The molecule has 1 heterocycles. The van der Waals surface area contributed by atoms with Crippen molar-refractivity contribution in [1.82, 2.24) is 10.3 Å². The number of carbonyl (C=O) groups is 2. The Kier molecular flexibility index (Phi) is 5.62. The van der Waals surface area contributed by atoms with Crippen molar-refractivity contribution < 1.29 is 9.59 Å². The summed E-state index contributed by atoms with van der Waals surface area (Å²) in [6, 6.07) is 7.60. The van der Waals surface area contributed by atoms with E-state index in [0.29, 0.717) is 11.6 Å². The van der Waals surface area contributed by atoms with Crippen molar-refractivity contribution in [1.29, 1.82) is 0 Å². The maximum absolute atomic E-state index is 11.8. The van der Waals surface area contributed by atoms with E-state index >= 15 is 0 Å². The molecule has 7 heteroatoms. The molecule has 2 aromatic rings. The summed E-state index contributed by atoms with van der Waals surface area (Å²) in [5.41, 5.74) is 7.59. The van der Waals surface area contributed by atoms with E-state index < -0.39 is 0 Å². The fourth-order valence-corrected chi connectivity index (χ4v) is 2.49. The van der Waals surface area contributed by atoms with Crippen LogP contribution in [0, 0.1) is 0 Å². The molecule has 0 atom stereocenters. The average molecular weight is 318 g/mol. The van der Waals surface area contributed by atoms with Crippen molar-refractivity contribution >= 4 is 28.8 Å². The smallest absolute Gasteiger partial charge is 0.271 e. The van der Waals surface area contributed by atoms with E-state index in [4.69, 9.17) is 5.73 Å². The summed E-state index contributed by atoms with van der Waals surface area (Å²) in [6.45, 7) is 2.24. The van der Waals surface area contributed by atoms with Crippen LogP contribution in [0.2, 0.25) is 0 Å². The second-order valence-electron chi connectivity index (χ2n) is 4.62. The van der Waals surface area contributed by atoms with Gasteiger partial charge in [-0.2, -0.15) is 0 Å². The van der Waals surface area contributed by atoms with Crippen molar-refractivity contribution in [3.8, 4) is 0 Å². The van der Waals surface area contributed by atoms with Crippen LogP contribution in [-0.2, 0) is 17.8 Å². The van der Waals surface area contributed by atoms with Crippen LogP contribution in [0.25, 0.3) is 0 Å². The summed E-state index contributed by atoms with van der Waals surface area (Å²) in [5, 5.41) is 7.60. The van der Waals surface area contributed by atoms with Crippen LogP contribution in [0.15, 0.2) is 29.6 Å². The Morgan fingerprint density at radius 1 is 1.36 bits per heavy atom. The van der Waals surface area contributed by atoms with Crippen LogP contribution in [0.1, 0.15) is 28.0 Å². The standard InChI is InChI=1S/C15H18N4O2S/c1-2-10-4-3-5-11(6-10)18-13(20)8-17-15(21)12-9-22-14(7-16)19-12/h3-6,9H,2,7-8,16H2,1H3,(H,17,21)(H,18,20). The number of aromatic nitrogens is 1. The Hall–Kier alpha value is -2.25. The second-order valence-corrected chi connectivity index (χ2v) is 5.56. The molecule has 0 radical (unpaired) electrons. The van der Waals surface area contributed by atoms with Crippen LogP contribution in [-0.4, -0.2) is 23.3 Å². The number of hydrogen-bond donors (Lipinski definition) is 3. The topological polar surface area (TPSA) is 97.1 Å². The van der Waals surface area contributed by atoms with Crippen molar-refractivity contribution in [2.24, 2.45) is 5.73 Å². The van der Waals surface area contributed by atoms with Crippen molar-refractivity contribution in [3.05, 3.63) is 45.9 Å². The summed E-state index contributed by atoms with van der Waals surface area (Å²) in [5.74, 6) is -0.663. The summed E-state index contributed by atoms with van der Waals surface area (Å²) >= 11 is 1.32. The van der Waals surface area contributed by atoms with Gasteiger partial charge in [0.05, 0.1) is 6.54 Å². The van der Waals surface area contributed by atoms with E-state index in [1.165, 1.54) is 11.3 Å². The molecule has 0 bridgehead atoms. The van der Waals surface area contributed by atoms with Crippen molar-refractivity contribution in [2.45, 2.75) is 19.9 Å². The molecule has 116 valence electrons. The van der Waals surface area contributed by atoms with Gasteiger partial charge in [-0.05, 0) is 24.1 Å². The number of nitrogens with one attached hydrogen (secondary N) is 2. The van der Waals surface area contributed by atoms with E-state index in [-0.39, 0.29) is 24.1 Å². The van der Waals surface area contributed by atoms with Gasteiger partial charge in [0.25, 0.3) is 5.91 Å². The van der Waals surface area contributed by atoms with Gasteiger partial charge in [-0.25, -0.2) is 4.98 Å². The van der Waals surface area contributed by atoms with Crippen LogP contribution in [0.5, 0.6) is 0 Å². The molecule has 2 rings (SSSR count). The monoisotopic (exact) mass is 318 g/mol. The van der Waals surface area contributed by atoms with Gasteiger partial charge in [0.15, 0.2) is 0 Å². The van der Waals surface area contributed by atoms with E-state index in [1.807, 2.05) is 31.2 Å². The van der Waals surface area contributed by atoms with Crippen molar-refractivity contribution in [2.75, 3.05) is 11.9 Å². The first-order valence-electron chi connectivity index (χ1n) is 6.93. The van der Waals surface area contributed by atoms with Gasteiger partial charge in [-0.1, -0.05) is 19.1 Å². The van der Waals surface area contributed by atoms with E-state index in [0.717, 1.165) is 17.7 Å². The van der Waals surface area contributed by atoms with E-state index in [2.05, 4.69) is 15.6 Å². The first-order chi connectivity index (χ1) is 10.6. The highest BCUT2D eigenvalue weighted by atomic mass is 32.1. The minimum absolute atomic E-state index is 0.106. The number of anilines is 1. The first kappa shape index (κ1) is 16.1. The maximum Gasteiger partial charge on any atom is 0.271 e. The molecule has 1 aromatic heterocycles. The lowest BCUT2D eigenvalue weighted by molar-refractivity contribution is -0.115. The minimum atomic E-state index is -0.381. The molecular formula is C15H18N4O2S. The molecule has 0 aliphatic heterocycles. The SMILES string of the molecule is CCc1cccc(NC(=O)CNC(=O)c2csc(CN)n2)c1. The van der Waals surface area contributed by atoms with Crippen LogP contribution in [0.3, 0.4) is 0 Å². The summed E-state index contributed by atoms with van der Waals surface area (Å²) in [4.78, 5) is 27.8. The van der Waals surface area contributed by atoms with Crippen LogP contribution >= 0.6 is 11.3 Å². The van der Waals surface area contributed by atoms with Gasteiger partial charge >= 0.3 is 0 Å². The Labute approximate surface area is 132 Å². The maximum atomic E-state index is 11.8. The van der Waals surface area contributed by atoms with E-state index in [9.17, 15) is 9.59 Å². The van der Waals surface area contributed by atoms with E-state index in [1.54, 1.807) is 5.38 Å². The van der Waals surface area contributed by atoms with Crippen LogP contribution in [0.4, 0.5) is 5.69 Å². The van der Waals surface area contributed by atoms with Gasteiger partial charge < -0.3 is 16.4 Å². The molecule has 4 N–H and O–H groups in total. The third-order valence-corrected chi connectivity index (χ3v) is 3.86. The average Bonchev–Trinajstić information content (AvgIpc) is 3.02. The predicted octanol–water partition coefficient (Wildman–Crippen LogP) is 1.53. The zero-order valence-electron chi connectivity index (χ0n) is 12.3. The molecule has 0 saturated heterocycles. The number of nitrogens with two attached hydrogens (primary N) is 1. The quantitative estimate of drug-likeness (QED) is 0.752. The number of aryl methyl sites for hydroxylation is 1. The second kappa shape index (κ2) is 7.67. The third-order valence-electron chi connectivity index (χ3n) is 2.99. The van der Waals surface area contributed by atoms with Gasteiger partial charge in [-0.15, -0.1) is 11.3 Å². The molecule has 22 heavy (non-hydrogen) atoms. The number of nitrogens with zero attached hydrogens (tertiary/aromatic N) is 1. The molecule has 0 aliphatic carbocycles. The lowest BCUT2D eigenvalue weighted by Crippen LogP contribution is -2.33. The van der Waals surface area contributed by atoms with Gasteiger partial charge in [0, 0.05) is 17.6 Å². The molecule has 0 spiro atoms. The zero-order chi connectivity index (χ0) is 15.9. The summed E-state index contributed by atoms with van der Waals surface area (Å²) in [7, 11) is 0. The highest BCUT2D eigenvalue weighted by molar-refractivity contribution is 7.09. The minimum Gasteiger partial charge on any atom is -0.342 e. The number of benzene rings is 1. The molecular weight excluding hydrogens is 300 g/mol. The van der Waals surface area contributed by atoms with Gasteiger partial charge in [-0.3, -0.25) is 9.59 Å². The van der Waals surface area contributed by atoms with Gasteiger partial charge in [0.2, 0.25) is 5.91 Å². The molecule has 0 unspecified atom stereocenters. The van der Waals surface area contributed by atoms with Crippen LogP contribution < -0.4 is 16.4 Å². The summed E-state index contributed by atoms with van der Waals surface area (Å²) in [6.07, 6.45) is 0.897. The Morgan fingerprint density at radius 2 is 2.18 bits per heavy atom. The molecule has 0 aliphatic rings. The zero-order valence-corrected chi connectivity index (χ0v) is 13.1. The van der Waals surface area contributed by atoms with Gasteiger partial charge in [0.1, 0.15) is 10.7 Å². The Morgan fingerprint density at radius 3 is 2.86 bits per heavy atom. The number of amides is 2. The predicted molar refractivity (Wildman–Crippen MR) is 86.8 cm³/mol. The molecule has 2 amide bonds. The highest BCUT2D eigenvalue weighted by Crippen LogP contribution is 2.11.